The van der Waals surface area contributed by atoms with Gasteiger partial charge in [-0.2, -0.15) is 5.10 Å². The van der Waals surface area contributed by atoms with Crippen molar-refractivity contribution in [2.24, 2.45) is 10.7 Å². The fourth-order valence-electron chi connectivity index (χ4n) is 3.12. The minimum atomic E-state index is -0.272. The van der Waals surface area contributed by atoms with Crippen molar-refractivity contribution in [2.75, 3.05) is 7.11 Å². The standard InChI is InChI=1S/C24H20N6O2/c1-32-23-13-17(18-14-26-16-27-15-18)7-8-21(23)30-12-10-22(31)24(29-30)20(9-11-25)28-19-5-3-2-4-6-19/h2-16H,25H2,1H3. The van der Waals surface area contributed by atoms with E-state index in [1.165, 1.54) is 18.6 Å². The topological polar surface area (TPSA) is 108 Å². The molecule has 0 radical (unpaired) electrons. The third-order valence-electron chi connectivity index (χ3n) is 4.63. The summed E-state index contributed by atoms with van der Waals surface area (Å²) < 4.78 is 7.17. The number of para-hydroxylation sites is 1. The van der Waals surface area contributed by atoms with E-state index in [0.717, 1.165) is 11.1 Å². The summed E-state index contributed by atoms with van der Waals surface area (Å²) in [7, 11) is 1.58. The molecule has 2 N–H and O–H groups in total. The van der Waals surface area contributed by atoms with Gasteiger partial charge in [0.25, 0.3) is 0 Å². The molecule has 158 valence electrons. The van der Waals surface area contributed by atoms with Crippen LogP contribution in [0.4, 0.5) is 5.69 Å². The smallest absolute Gasteiger partial charge is 0.209 e. The first kappa shape index (κ1) is 20.7. The minimum absolute atomic E-state index is 0.167. The molecule has 2 heterocycles. The van der Waals surface area contributed by atoms with Crippen molar-refractivity contribution in [3.05, 3.63) is 108 Å². The SMILES string of the molecule is COc1cc(-c2cncnc2)ccc1-n1ccc(=O)c(C(C=CN)=Nc2ccccc2)n1. The lowest BCUT2D eigenvalue weighted by atomic mass is 10.1. The van der Waals surface area contributed by atoms with Gasteiger partial charge in [0, 0.05) is 30.2 Å². The zero-order chi connectivity index (χ0) is 22.3. The highest BCUT2D eigenvalue weighted by Crippen LogP contribution is 2.28. The molecule has 0 aliphatic carbocycles. The first-order chi connectivity index (χ1) is 15.7. The zero-order valence-electron chi connectivity index (χ0n) is 17.3. The molecule has 0 atom stereocenters. The lowest BCUT2D eigenvalue weighted by Crippen LogP contribution is -2.20. The van der Waals surface area contributed by atoms with E-state index in [4.69, 9.17) is 10.5 Å². The summed E-state index contributed by atoms with van der Waals surface area (Å²) in [5.74, 6) is 0.573. The lowest BCUT2D eigenvalue weighted by molar-refractivity contribution is 0.411. The predicted octanol–water partition coefficient (Wildman–Crippen LogP) is 3.29. The summed E-state index contributed by atoms with van der Waals surface area (Å²) in [6.45, 7) is 0. The molecule has 8 heteroatoms. The molecule has 0 amide bonds. The summed E-state index contributed by atoms with van der Waals surface area (Å²) in [6, 6.07) is 16.4. The number of allylic oxidation sites excluding steroid dienone is 1. The van der Waals surface area contributed by atoms with Crippen LogP contribution in [0.25, 0.3) is 16.8 Å². The maximum absolute atomic E-state index is 12.6. The van der Waals surface area contributed by atoms with E-state index < -0.39 is 0 Å². The number of hydrogen-bond donors (Lipinski definition) is 1. The second kappa shape index (κ2) is 9.48. The summed E-state index contributed by atoms with van der Waals surface area (Å²) in [6.07, 6.45) is 9.40. The third-order valence-corrected chi connectivity index (χ3v) is 4.63. The molecule has 8 nitrogen and oxygen atoms in total. The van der Waals surface area contributed by atoms with E-state index in [9.17, 15) is 4.79 Å². The van der Waals surface area contributed by atoms with E-state index in [-0.39, 0.29) is 11.1 Å². The number of aromatic nitrogens is 4. The Kier molecular flexibility index (Phi) is 6.12. The summed E-state index contributed by atoms with van der Waals surface area (Å²) >= 11 is 0. The molecule has 4 rings (SSSR count). The second-order valence-electron chi connectivity index (χ2n) is 6.68. The number of benzene rings is 2. The molecule has 0 saturated heterocycles. The summed E-state index contributed by atoms with van der Waals surface area (Å²) in [4.78, 5) is 25.3. The highest BCUT2D eigenvalue weighted by Gasteiger charge is 2.13. The quantitative estimate of drug-likeness (QED) is 0.476. The molecule has 0 unspecified atom stereocenters. The lowest BCUT2D eigenvalue weighted by Gasteiger charge is -2.13. The molecular weight excluding hydrogens is 404 g/mol. The van der Waals surface area contributed by atoms with Crippen molar-refractivity contribution >= 4 is 11.4 Å². The maximum Gasteiger partial charge on any atom is 0.209 e. The molecule has 0 spiro atoms. The largest absolute Gasteiger partial charge is 0.494 e. The van der Waals surface area contributed by atoms with E-state index in [1.807, 2.05) is 48.5 Å². The second-order valence-corrected chi connectivity index (χ2v) is 6.68. The van der Waals surface area contributed by atoms with Crippen molar-refractivity contribution in [1.29, 1.82) is 0 Å². The van der Waals surface area contributed by atoms with Crippen LogP contribution in [0.15, 0.2) is 102 Å². The van der Waals surface area contributed by atoms with E-state index in [1.54, 1.807) is 36.5 Å². The Morgan fingerprint density at radius 2 is 1.84 bits per heavy atom. The molecule has 32 heavy (non-hydrogen) atoms. The average molecular weight is 424 g/mol. The Labute approximate surface area is 184 Å². The van der Waals surface area contributed by atoms with Crippen molar-refractivity contribution in [1.82, 2.24) is 19.7 Å². The summed E-state index contributed by atoms with van der Waals surface area (Å²) in [5, 5.41) is 4.53. The average Bonchev–Trinajstić information content (AvgIpc) is 2.85. The van der Waals surface area contributed by atoms with Gasteiger partial charge in [-0.3, -0.25) is 4.79 Å². The number of nitrogens with two attached hydrogens (primary N) is 1. The van der Waals surface area contributed by atoms with Gasteiger partial charge in [0.1, 0.15) is 17.8 Å². The Hall–Kier alpha value is -4.59. The molecule has 0 aliphatic rings. The first-order valence-electron chi connectivity index (χ1n) is 9.76. The van der Waals surface area contributed by atoms with Crippen LogP contribution in [0, 0.1) is 0 Å². The van der Waals surface area contributed by atoms with Crippen LogP contribution >= 0.6 is 0 Å². The Bertz CT molecular complexity index is 1330. The summed E-state index contributed by atoms with van der Waals surface area (Å²) in [5.41, 5.74) is 8.95. The molecule has 0 bridgehead atoms. The van der Waals surface area contributed by atoms with Crippen LogP contribution < -0.4 is 15.9 Å². The van der Waals surface area contributed by atoms with E-state index in [0.29, 0.717) is 22.8 Å². The number of hydrogen-bond acceptors (Lipinski definition) is 7. The molecule has 0 fully saturated rings. The molecule has 2 aromatic heterocycles. The molecule has 4 aromatic rings. The molecule has 2 aromatic carbocycles. The van der Waals surface area contributed by atoms with Gasteiger partial charge >= 0.3 is 0 Å². The van der Waals surface area contributed by atoms with Gasteiger partial charge in [-0.05, 0) is 42.1 Å². The maximum atomic E-state index is 12.6. The Balaban J connectivity index is 1.80. The number of ether oxygens (including phenoxy) is 1. The van der Waals surface area contributed by atoms with Crippen LogP contribution in [-0.2, 0) is 0 Å². The van der Waals surface area contributed by atoms with Gasteiger partial charge in [0.05, 0.1) is 18.5 Å². The van der Waals surface area contributed by atoms with Crippen LogP contribution in [0.5, 0.6) is 5.75 Å². The van der Waals surface area contributed by atoms with Crippen LogP contribution in [-0.4, -0.2) is 32.6 Å². The highest BCUT2D eigenvalue weighted by atomic mass is 16.5. The monoisotopic (exact) mass is 424 g/mol. The van der Waals surface area contributed by atoms with Crippen LogP contribution in [0.3, 0.4) is 0 Å². The predicted molar refractivity (Wildman–Crippen MR) is 123 cm³/mol. The normalized spacial score (nSPS) is 11.6. The highest BCUT2D eigenvalue weighted by molar-refractivity contribution is 6.08. The molecule has 0 aliphatic heterocycles. The fraction of sp³-hybridized carbons (Fsp3) is 0.0417. The van der Waals surface area contributed by atoms with Crippen LogP contribution in [0.1, 0.15) is 5.69 Å². The van der Waals surface area contributed by atoms with Crippen molar-refractivity contribution in [2.45, 2.75) is 0 Å². The van der Waals surface area contributed by atoms with Crippen LogP contribution in [0.2, 0.25) is 0 Å². The number of nitrogens with zero attached hydrogens (tertiary/aromatic N) is 5. The van der Waals surface area contributed by atoms with Gasteiger partial charge in [-0.1, -0.05) is 24.3 Å². The van der Waals surface area contributed by atoms with Gasteiger partial charge in [0.2, 0.25) is 5.43 Å². The molecular formula is C24H20N6O2. The van der Waals surface area contributed by atoms with Crippen molar-refractivity contribution in [3.8, 4) is 22.6 Å². The Morgan fingerprint density at radius 1 is 1.06 bits per heavy atom. The Morgan fingerprint density at radius 3 is 2.56 bits per heavy atom. The van der Waals surface area contributed by atoms with Gasteiger partial charge < -0.3 is 10.5 Å². The van der Waals surface area contributed by atoms with Crippen molar-refractivity contribution < 1.29 is 4.74 Å². The van der Waals surface area contributed by atoms with Gasteiger partial charge in [-0.25, -0.2) is 19.6 Å². The fourth-order valence-corrected chi connectivity index (χ4v) is 3.12. The zero-order valence-corrected chi connectivity index (χ0v) is 17.3. The van der Waals surface area contributed by atoms with Gasteiger partial charge in [-0.15, -0.1) is 0 Å². The third kappa shape index (κ3) is 4.44. The number of methoxy groups -OCH3 is 1. The number of rotatable bonds is 6. The van der Waals surface area contributed by atoms with Crippen molar-refractivity contribution in [3.63, 3.8) is 0 Å². The van der Waals surface area contributed by atoms with E-state index in [2.05, 4.69) is 20.1 Å². The first-order valence-corrected chi connectivity index (χ1v) is 9.76. The van der Waals surface area contributed by atoms with E-state index >= 15 is 0 Å². The number of aliphatic imine (C=N–C) groups is 1. The van der Waals surface area contributed by atoms with Gasteiger partial charge in [0.15, 0.2) is 5.69 Å². The minimum Gasteiger partial charge on any atom is -0.494 e. The molecule has 0 saturated carbocycles.